The molecule has 2 N–H and O–H groups in total. The van der Waals surface area contributed by atoms with Gasteiger partial charge in [0.05, 0.1) is 18.6 Å². The van der Waals surface area contributed by atoms with E-state index in [0.29, 0.717) is 6.61 Å². The van der Waals surface area contributed by atoms with Crippen molar-refractivity contribution in [2.45, 2.75) is 17.7 Å². The lowest BCUT2D eigenvalue weighted by Gasteiger charge is -2.37. The molecule has 1 aromatic carbocycles. The number of piperidine rings is 1. The maximum Gasteiger partial charge on any atom is 0.240 e. The lowest BCUT2D eigenvalue weighted by Crippen LogP contribution is -2.47. The molecule has 0 bridgehead atoms. The van der Waals surface area contributed by atoms with Crippen LogP contribution in [0.1, 0.15) is 12.8 Å². The number of benzene rings is 1. The summed E-state index contributed by atoms with van der Waals surface area (Å²) < 4.78 is 51.2. The summed E-state index contributed by atoms with van der Waals surface area (Å²) in [5.74, 6) is -0.693. The number of sulfonamides is 1. The van der Waals surface area contributed by atoms with Crippen LogP contribution in [0.4, 0.5) is 4.39 Å². The molecule has 0 radical (unpaired) electrons. The fourth-order valence-corrected chi connectivity index (χ4v) is 3.95. The number of hydrogen-bond acceptors (Lipinski definition) is 5. The van der Waals surface area contributed by atoms with Crippen molar-refractivity contribution in [3.8, 4) is 5.75 Å². The molecule has 0 saturated carbocycles. The zero-order chi connectivity index (χ0) is 16.9. The van der Waals surface area contributed by atoms with E-state index in [0.717, 1.165) is 32.0 Å². The Kier molecular flexibility index (Phi) is 7.88. The van der Waals surface area contributed by atoms with E-state index >= 15 is 0 Å². The summed E-state index contributed by atoms with van der Waals surface area (Å²) in [6, 6.07) is 3.60. The molecule has 1 heterocycles. The molecule has 138 valence electrons. The minimum atomic E-state index is -3.79. The van der Waals surface area contributed by atoms with Crippen molar-refractivity contribution in [3.05, 3.63) is 24.0 Å². The summed E-state index contributed by atoms with van der Waals surface area (Å²) in [6.07, 6.45) is 1.64. The van der Waals surface area contributed by atoms with Gasteiger partial charge in [0.15, 0.2) is 11.6 Å². The van der Waals surface area contributed by atoms with Crippen molar-refractivity contribution < 1.29 is 22.3 Å². The highest BCUT2D eigenvalue weighted by molar-refractivity contribution is 7.89. The molecule has 6 nitrogen and oxygen atoms in total. The lowest BCUT2D eigenvalue weighted by atomic mass is 9.80. The van der Waals surface area contributed by atoms with E-state index in [-0.39, 0.29) is 35.0 Å². The maximum atomic E-state index is 13.7. The first kappa shape index (κ1) is 21.1. The van der Waals surface area contributed by atoms with Gasteiger partial charge in [-0.2, -0.15) is 0 Å². The van der Waals surface area contributed by atoms with Gasteiger partial charge in [0.1, 0.15) is 0 Å². The van der Waals surface area contributed by atoms with Crippen LogP contribution in [0.2, 0.25) is 0 Å². The van der Waals surface area contributed by atoms with E-state index in [1.807, 2.05) is 0 Å². The largest absolute Gasteiger partial charge is 0.494 e. The molecule has 1 aliphatic rings. The maximum absolute atomic E-state index is 13.7. The van der Waals surface area contributed by atoms with E-state index < -0.39 is 15.8 Å². The van der Waals surface area contributed by atoms with Crippen LogP contribution in [0.25, 0.3) is 0 Å². The fraction of sp³-hybridized carbons (Fsp3) is 0.600. The molecule has 0 aliphatic carbocycles. The van der Waals surface area contributed by atoms with Crippen LogP contribution in [-0.4, -0.2) is 48.9 Å². The van der Waals surface area contributed by atoms with Crippen molar-refractivity contribution in [1.29, 1.82) is 0 Å². The molecule has 1 fully saturated rings. The molecule has 9 heteroatoms. The van der Waals surface area contributed by atoms with E-state index in [1.165, 1.54) is 19.2 Å². The highest BCUT2D eigenvalue weighted by Gasteiger charge is 2.33. The van der Waals surface area contributed by atoms with E-state index in [2.05, 4.69) is 10.0 Å². The van der Waals surface area contributed by atoms with E-state index in [9.17, 15) is 12.8 Å². The molecule has 0 amide bonds. The van der Waals surface area contributed by atoms with Gasteiger partial charge in [-0.05, 0) is 44.1 Å². The zero-order valence-electron chi connectivity index (χ0n) is 13.8. The second-order valence-electron chi connectivity index (χ2n) is 5.80. The van der Waals surface area contributed by atoms with Gasteiger partial charge in [0.25, 0.3) is 0 Å². The van der Waals surface area contributed by atoms with Crippen LogP contribution >= 0.6 is 12.4 Å². The van der Waals surface area contributed by atoms with Crippen molar-refractivity contribution >= 4 is 22.4 Å². The van der Waals surface area contributed by atoms with Gasteiger partial charge >= 0.3 is 0 Å². The molecule has 0 atom stereocenters. The first-order valence-corrected chi connectivity index (χ1v) is 8.94. The summed E-state index contributed by atoms with van der Waals surface area (Å²) in [6.45, 7) is 2.39. The number of rotatable bonds is 7. The van der Waals surface area contributed by atoms with Gasteiger partial charge in [0, 0.05) is 19.1 Å². The first-order chi connectivity index (χ1) is 10.9. The van der Waals surface area contributed by atoms with Gasteiger partial charge in [-0.15, -0.1) is 12.4 Å². The quantitative estimate of drug-likeness (QED) is 0.748. The van der Waals surface area contributed by atoms with Crippen LogP contribution in [0, 0.1) is 11.2 Å². The first-order valence-electron chi connectivity index (χ1n) is 7.45. The molecule has 1 aliphatic heterocycles. The summed E-state index contributed by atoms with van der Waals surface area (Å²) in [5, 5.41) is 3.25. The number of halogens is 2. The fourth-order valence-electron chi connectivity index (χ4n) is 2.78. The van der Waals surface area contributed by atoms with E-state index in [1.54, 1.807) is 7.11 Å². The topological polar surface area (TPSA) is 76.7 Å². The molecule has 0 unspecified atom stereocenters. The van der Waals surface area contributed by atoms with Gasteiger partial charge in [0.2, 0.25) is 10.0 Å². The second-order valence-corrected chi connectivity index (χ2v) is 7.57. The Balaban J connectivity index is 0.00000288. The SMILES string of the molecule is COCC1(CNS(=O)(=O)c2ccc(OC)c(F)c2)CCNCC1.Cl. The average molecular weight is 383 g/mol. The lowest BCUT2D eigenvalue weighted by molar-refractivity contribution is 0.0577. The Morgan fingerprint density at radius 3 is 2.50 bits per heavy atom. The third kappa shape index (κ3) is 5.03. The minimum Gasteiger partial charge on any atom is -0.494 e. The normalized spacial score (nSPS) is 17.1. The average Bonchev–Trinajstić information content (AvgIpc) is 2.54. The molecule has 2 rings (SSSR count). The minimum absolute atomic E-state index is 0. The van der Waals surface area contributed by atoms with Crippen molar-refractivity contribution in [3.63, 3.8) is 0 Å². The third-order valence-electron chi connectivity index (χ3n) is 4.19. The monoisotopic (exact) mass is 382 g/mol. The Bertz CT molecular complexity index is 631. The number of nitrogens with one attached hydrogen (secondary N) is 2. The van der Waals surface area contributed by atoms with Gasteiger partial charge in [-0.3, -0.25) is 0 Å². The Morgan fingerprint density at radius 1 is 1.29 bits per heavy atom. The Hall–Kier alpha value is -0.930. The highest BCUT2D eigenvalue weighted by Crippen LogP contribution is 2.29. The van der Waals surface area contributed by atoms with Crippen LogP contribution in [0.3, 0.4) is 0 Å². The summed E-state index contributed by atoms with van der Waals surface area (Å²) in [4.78, 5) is -0.114. The van der Waals surface area contributed by atoms with Crippen LogP contribution in [0.15, 0.2) is 23.1 Å². The van der Waals surface area contributed by atoms with Crippen LogP contribution in [0.5, 0.6) is 5.75 Å². The summed E-state index contributed by atoms with van der Waals surface area (Å²) in [7, 11) is -0.847. The van der Waals surface area contributed by atoms with Gasteiger partial charge in [-0.25, -0.2) is 17.5 Å². The molecule has 1 saturated heterocycles. The third-order valence-corrected chi connectivity index (χ3v) is 5.58. The van der Waals surface area contributed by atoms with Crippen LogP contribution < -0.4 is 14.8 Å². The van der Waals surface area contributed by atoms with Gasteiger partial charge in [-0.1, -0.05) is 0 Å². The number of ether oxygens (including phenoxy) is 2. The zero-order valence-corrected chi connectivity index (χ0v) is 15.4. The predicted octanol–water partition coefficient (Wildman–Crippen LogP) is 1.55. The smallest absolute Gasteiger partial charge is 0.240 e. The molecule has 0 spiro atoms. The molecule has 1 aromatic rings. The van der Waals surface area contributed by atoms with Crippen molar-refractivity contribution in [2.24, 2.45) is 5.41 Å². The molecular weight excluding hydrogens is 359 g/mol. The Morgan fingerprint density at radius 2 is 1.96 bits per heavy atom. The molecular formula is C15H24ClFN2O4S. The summed E-state index contributed by atoms with van der Waals surface area (Å²) in [5.41, 5.74) is -0.238. The highest BCUT2D eigenvalue weighted by atomic mass is 35.5. The Labute approximate surface area is 148 Å². The van der Waals surface area contributed by atoms with Crippen LogP contribution in [-0.2, 0) is 14.8 Å². The van der Waals surface area contributed by atoms with Crippen molar-refractivity contribution in [1.82, 2.24) is 10.0 Å². The number of methoxy groups -OCH3 is 2. The number of hydrogen-bond donors (Lipinski definition) is 2. The second kappa shape index (κ2) is 8.96. The summed E-state index contributed by atoms with van der Waals surface area (Å²) >= 11 is 0. The molecule has 24 heavy (non-hydrogen) atoms. The molecule has 0 aromatic heterocycles. The van der Waals surface area contributed by atoms with E-state index in [4.69, 9.17) is 9.47 Å². The standard InChI is InChI=1S/C15H23FN2O4S.ClH/c1-21-11-15(5-7-17-8-6-15)10-18-23(19,20)12-3-4-14(22-2)13(16)9-12;/h3-4,9,17-18H,5-8,10-11H2,1-2H3;1H. The van der Waals surface area contributed by atoms with Gasteiger partial charge < -0.3 is 14.8 Å². The van der Waals surface area contributed by atoms with Crippen molar-refractivity contribution in [2.75, 3.05) is 40.5 Å². The predicted molar refractivity (Wildman–Crippen MR) is 91.8 cm³/mol.